The number of ketones is 1. The fraction of sp³-hybridized carbons (Fsp3) is 0.656. The summed E-state index contributed by atoms with van der Waals surface area (Å²) in [5, 5.41) is 24.3. The maximum absolute atomic E-state index is 14.5. The summed E-state index contributed by atoms with van der Waals surface area (Å²) in [6.45, 7) is 11.1. The van der Waals surface area contributed by atoms with E-state index < -0.39 is 41.1 Å². The van der Waals surface area contributed by atoms with Crippen molar-refractivity contribution in [1.82, 2.24) is 0 Å². The van der Waals surface area contributed by atoms with E-state index in [2.05, 4.69) is 20.8 Å². The van der Waals surface area contributed by atoms with Crippen LogP contribution in [0.25, 0.3) is 0 Å². The summed E-state index contributed by atoms with van der Waals surface area (Å²) in [5.74, 6) is -1.92. The van der Waals surface area contributed by atoms with E-state index in [1.807, 2.05) is 13.0 Å². The number of Topliss-reactive ketones (excluding diaryl/α,β-unsaturated/α-hetero) is 1. The second-order valence-electron chi connectivity index (χ2n) is 12.6. The first kappa shape index (κ1) is 29.5. The van der Waals surface area contributed by atoms with Crippen LogP contribution >= 0.6 is 0 Å². The molecule has 7 nitrogen and oxygen atoms in total. The van der Waals surface area contributed by atoms with Crippen molar-refractivity contribution in [2.45, 2.75) is 91.5 Å². The number of ether oxygens (including phenoxy) is 2. The Labute approximate surface area is 232 Å². The zero-order valence-corrected chi connectivity index (χ0v) is 24.1. The number of allylic oxidation sites excluding steroid dienone is 4. The van der Waals surface area contributed by atoms with E-state index in [9.17, 15) is 24.6 Å². The van der Waals surface area contributed by atoms with E-state index in [1.54, 1.807) is 31.2 Å². The molecule has 39 heavy (non-hydrogen) atoms. The predicted octanol–water partition coefficient (Wildman–Crippen LogP) is 4.63. The molecular weight excluding hydrogens is 496 g/mol. The highest BCUT2D eigenvalue weighted by Gasteiger charge is 2.76. The molecule has 214 valence electrons. The number of aliphatic hydroxyl groups is 2. The molecule has 0 aromatic rings. The molecule has 0 aromatic carbocycles. The van der Waals surface area contributed by atoms with Crippen LogP contribution in [0.15, 0.2) is 47.6 Å². The minimum atomic E-state index is -2.14. The summed E-state index contributed by atoms with van der Waals surface area (Å²) in [5.41, 5.74) is -2.87. The van der Waals surface area contributed by atoms with Crippen LogP contribution in [0, 0.1) is 34.5 Å². The van der Waals surface area contributed by atoms with Gasteiger partial charge in [-0.2, -0.15) is 0 Å². The summed E-state index contributed by atoms with van der Waals surface area (Å²) in [4.78, 5) is 39.1. The fourth-order valence-corrected chi connectivity index (χ4v) is 7.74. The molecule has 0 saturated heterocycles. The zero-order chi connectivity index (χ0) is 28.8. The van der Waals surface area contributed by atoms with Gasteiger partial charge in [-0.25, -0.2) is 4.79 Å². The van der Waals surface area contributed by atoms with E-state index in [0.29, 0.717) is 12.0 Å². The number of carbonyl (C=O) groups is 3. The lowest BCUT2D eigenvalue weighted by Gasteiger charge is -2.48. The Balaban J connectivity index is 1.69. The first-order valence-electron chi connectivity index (χ1n) is 14.4. The molecule has 4 aliphatic carbocycles. The quantitative estimate of drug-likeness (QED) is 0.144. The molecule has 0 radical (unpaired) electrons. The van der Waals surface area contributed by atoms with Gasteiger partial charge in [0.05, 0.1) is 5.41 Å². The molecule has 4 aliphatic rings. The highest BCUT2D eigenvalue weighted by atomic mass is 16.6. The summed E-state index contributed by atoms with van der Waals surface area (Å²) in [7, 11) is 0. The van der Waals surface area contributed by atoms with Crippen molar-refractivity contribution in [2.75, 3.05) is 6.61 Å². The SMILES string of the molecule is CCCCC/C=C/C=C/C(=O)O[C@H]1C(C)=C[C@]23C(=O)[C@@H](C=C(COC(C)=O)[C@@H](O)[C@]12O)[C@H]1[C@@H](C[C@H]3C)C1(C)C. The number of rotatable bonds is 9. The van der Waals surface area contributed by atoms with E-state index in [0.717, 1.165) is 25.7 Å². The van der Waals surface area contributed by atoms with Crippen LogP contribution < -0.4 is 0 Å². The molecule has 2 N–H and O–H groups in total. The van der Waals surface area contributed by atoms with Gasteiger partial charge in [0.15, 0.2) is 17.5 Å². The number of esters is 2. The fourth-order valence-electron chi connectivity index (χ4n) is 7.74. The molecule has 0 unspecified atom stereocenters. The third-order valence-electron chi connectivity index (χ3n) is 9.84. The van der Waals surface area contributed by atoms with Gasteiger partial charge in [-0.3, -0.25) is 9.59 Å². The highest BCUT2D eigenvalue weighted by molar-refractivity contribution is 5.95. The Hall–Kier alpha value is -2.51. The number of unbranched alkanes of at least 4 members (excludes halogenated alkanes) is 3. The number of hydrogen-bond donors (Lipinski definition) is 2. The van der Waals surface area contributed by atoms with Gasteiger partial charge in [0.2, 0.25) is 0 Å². The van der Waals surface area contributed by atoms with Gasteiger partial charge in [-0.1, -0.05) is 70.9 Å². The molecular formula is C32H44O7. The second kappa shape index (κ2) is 10.8. The van der Waals surface area contributed by atoms with Crippen LogP contribution in [0.3, 0.4) is 0 Å². The van der Waals surface area contributed by atoms with Gasteiger partial charge in [-0.15, -0.1) is 0 Å². The van der Waals surface area contributed by atoms with Crippen LogP contribution in [-0.4, -0.2) is 52.4 Å². The Morgan fingerprint density at radius 2 is 1.92 bits per heavy atom. The number of aliphatic hydroxyl groups excluding tert-OH is 1. The monoisotopic (exact) mass is 540 g/mol. The van der Waals surface area contributed by atoms with E-state index in [1.165, 1.54) is 13.0 Å². The van der Waals surface area contributed by atoms with Crippen LogP contribution in [0.2, 0.25) is 0 Å². The Kier molecular flexibility index (Phi) is 8.17. The van der Waals surface area contributed by atoms with Gasteiger partial charge in [0.25, 0.3) is 0 Å². The Bertz CT molecular complexity index is 1130. The van der Waals surface area contributed by atoms with Crippen molar-refractivity contribution in [3.63, 3.8) is 0 Å². The molecule has 0 aromatic heterocycles. The average Bonchev–Trinajstić information content (AvgIpc) is 3.36. The van der Waals surface area contributed by atoms with Gasteiger partial charge in [-0.05, 0) is 60.5 Å². The lowest BCUT2D eigenvalue weighted by molar-refractivity contribution is -0.201. The summed E-state index contributed by atoms with van der Waals surface area (Å²) in [6, 6.07) is 0. The Morgan fingerprint density at radius 3 is 2.59 bits per heavy atom. The average molecular weight is 541 g/mol. The maximum Gasteiger partial charge on any atom is 0.331 e. The zero-order valence-electron chi connectivity index (χ0n) is 24.1. The number of fused-ring (bicyclic) bond motifs is 3. The lowest BCUT2D eigenvalue weighted by atomic mass is 9.59. The second-order valence-corrected chi connectivity index (χ2v) is 12.6. The normalized spacial score (nSPS) is 38.4. The third kappa shape index (κ3) is 4.76. The van der Waals surface area contributed by atoms with Crippen molar-refractivity contribution < 1.29 is 34.1 Å². The van der Waals surface area contributed by atoms with Crippen LogP contribution in [0.1, 0.15) is 73.6 Å². The molecule has 2 bridgehead atoms. The molecule has 0 aliphatic heterocycles. The molecule has 2 saturated carbocycles. The lowest BCUT2D eigenvalue weighted by Crippen LogP contribution is -2.65. The van der Waals surface area contributed by atoms with Crippen LogP contribution in [0.5, 0.6) is 0 Å². The van der Waals surface area contributed by atoms with Crippen LogP contribution in [-0.2, 0) is 23.9 Å². The topological polar surface area (TPSA) is 110 Å². The van der Waals surface area contributed by atoms with Gasteiger partial charge in [0.1, 0.15) is 12.7 Å². The minimum Gasteiger partial charge on any atom is -0.461 e. The van der Waals surface area contributed by atoms with E-state index >= 15 is 0 Å². The van der Waals surface area contributed by atoms with Gasteiger partial charge >= 0.3 is 11.9 Å². The molecule has 0 amide bonds. The molecule has 0 heterocycles. The number of carbonyl (C=O) groups excluding carboxylic acids is 3. The first-order valence-corrected chi connectivity index (χ1v) is 14.4. The maximum atomic E-state index is 14.5. The standard InChI is InChI=1S/C32H44O7/c1-7-8-9-10-11-12-13-14-25(34)39-29-19(2)17-31-20(3)15-24-26(30(24,5)6)23(28(31)36)16-22(18-38-21(4)33)27(35)32(29,31)37/h11-14,16-17,20,23-24,26-27,29,35,37H,7-10,15,18H2,1-6H3/b12-11+,14-13+/t20-,23+,24-,26+,27-,29+,31+,32+/m1/s1. The minimum absolute atomic E-state index is 0.0519. The van der Waals surface area contributed by atoms with Crippen LogP contribution in [0.4, 0.5) is 0 Å². The van der Waals surface area contributed by atoms with E-state index in [4.69, 9.17) is 9.47 Å². The molecule has 2 fully saturated rings. The highest BCUT2D eigenvalue weighted by Crippen LogP contribution is 2.71. The van der Waals surface area contributed by atoms with Gasteiger partial charge < -0.3 is 19.7 Å². The van der Waals surface area contributed by atoms with Gasteiger partial charge in [0, 0.05) is 18.9 Å². The summed E-state index contributed by atoms with van der Waals surface area (Å²) < 4.78 is 11.1. The van der Waals surface area contributed by atoms with Crippen molar-refractivity contribution in [1.29, 1.82) is 0 Å². The predicted molar refractivity (Wildman–Crippen MR) is 147 cm³/mol. The van der Waals surface area contributed by atoms with Crippen molar-refractivity contribution >= 4 is 17.7 Å². The first-order chi connectivity index (χ1) is 18.3. The summed E-state index contributed by atoms with van der Waals surface area (Å²) in [6.07, 6.45) is 12.3. The Morgan fingerprint density at radius 1 is 1.21 bits per heavy atom. The van der Waals surface area contributed by atoms with Crippen molar-refractivity contribution in [3.8, 4) is 0 Å². The third-order valence-corrected chi connectivity index (χ3v) is 9.84. The number of hydrogen-bond acceptors (Lipinski definition) is 7. The van der Waals surface area contributed by atoms with Crippen molar-refractivity contribution in [2.24, 2.45) is 34.5 Å². The molecule has 8 atom stereocenters. The largest absolute Gasteiger partial charge is 0.461 e. The van der Waals surface area contributed by atoms with E-state index in [-0.39, 0.29) is 41.1 Å². The smallest absolute Gasteiger partial charge is 0.331 e. The molecule has 1 spiro atoms. The summed E-state index contributed by atoms with van der Waals surface area (Å²) >= 11 is 0. The molecule has 4 rings (SSSR count). The molecule has 7 heteroatoms. The van der Waals surface area contributed by atoms with Crippen molar-refractivity contribution in [3.05, 3.63) is 47.6 Å².